The van der Waals surface area contributed by atoms with E-state index in [1.54, 1.807) is 48.5 Å². The van der Waals surface area contributed by atoms with Gasteiger partial charge in [-0.05, 0) is 87.1 Å². The van der Waals surface area contributed by atoms with Gasteiger partial charge in [0.15, 0.2) is 0 Å². The summed E-state index contributed by atoms with van der Waals surface area (Å²) in [6, 6.07) is 18.5. The Balaban J connectivity index is 1.73. The van der Waals surface area contributed by atoms with Crippen LogP contribution in [0.5, 0.6) is 0 Å². The summed E-state index contributed by atoms with van der Waals surface area (Å²) in [5.41, 5.74) is 3.82. The number of nitrogens with zero attached hydrogens (tertiary/aromatic N) is 2. The number of anilines is 1. The topological polar surface area (TPSA) is 86.8 Å². The molecule has 0 heterocycles. The van der Waals surface area contributed by atoms with Crippen LogP contribution in [-0.4, -0.2) is 43.8 Å². The quantitative estimate of drug-likeness (QED) is 0.257. The Labute approximate surface area is 261 Å². The van der Waals surface area contributed by atoms with Gasteiger partial charge < -0.3 is 10.2 Å². The number of rotatable bonds is 11. The Morgan fingerprint density at radius 3 is 2.21 bits per heavy atom. The molecule has 9 heteroatoms. The molecule has 3 aromatic rings. The van der Waals surface area contributed by atoms with E-state index in [1.165, 1.54) is 9.21 Å². The van der Waals surface area contributed by atoms with Crippen LogP contribution in [0, 0.1) is 20.8 Å². The SMILES string of the molecule is CC[C@@H](C(=O)NC1CCCCC1)N(Cc1ccc(Cl)cc1)C(=O)CN(c1cccc(C)c1C)S(=O)(=O)c1ccc(C)cc1. The van der Waals surface area contributed by atoms with Crippen molar-refractivity contribution in [3.63, 3.8) is 0 Å². The Bertz CT molecular complexity index is 1520. The molecule has 1 saturated carbocycles. The molecule has 230 valence electrons. The van der Waals surface area contributed by atoms with Gasteiger partial charge >= 0.3 is 0 Å². The minimum absolute atomic E-state index is 0.0798. The molecule has 0 radical (unpaired) electrons. The lowest BCUT2D eigenvalue weighted by atomic mass is 9.95. The molecule has 0 saturated heterocycles. The minimum atomic E-state index is -4.12. The van der Waals surface area contributed by atoms with Crippen molar-refractivity contribution in [2.24, 2.45) is 0 Å². The lowest BCUT2D eigenvalue weighted by Gasteiger charge is -2.35. The van der Waals surface area contributed by atoms with Crippen molar-refractivity contribution in [2.75, 3.05) is 10.8 Å². The van der Waals surface area contributed by atoms with Crippen LogP contribution in [0.15, 0.2) is 71.6 Å². The average molecular weight is 624 g/mol. The second-order valence-electron chi connectivity index (χ2n) is 11.5. The molecule has 1 N–H and O–H groups in total. The first-order valence-corrected chi connectivity index (χ1v) is 16.8. The zero-order chi connectivity index (χ0) is 31.1. The fraction of sp³-hybridized carbons (Fsp3) is 0.412. The molecule has 0 unspecified atom stereocenters. The minimum Gasteiger partial charge on any atom is -0.352 e. The molecule has 7 nitrogen and oxygen atoms in total. The number of aryl methyl sites for hydroxylation is 2. The molecule has 1 aliphatic carbocycles. The molecular formula is C34H42ClN3O4S. The van der Waals surface area contributed by atoms with Crippen LogP contribution in [0.2, 0.25) is 5.02 Å². The third-order valence-electron chi connectivity index (χ3n) is 8.34. The van der Waals surface area contributed by atoms with Crippen molar-refractivity contribution in [3.05, 3.63) is 94.0 Å². The van der Waals surface area contributed by atoms with E-state index in [2.05, 4.69) is 5.32 Å². The van der Waals surface area contributed by atoms with Crippen molar-refractivity contribution in [1.82, 2.24) is 10.2 Å². The molecule has 0 bridgehead atoms. The lowest BCUT2D eigenvalue weighted by molar-refractivity contribution is -0.140. The molecule has 0 aliphatic heterocycles. The Kier molecular flexibility index (Phi) is 10.9. The maximum atomic E-state index is 14.3. The molecule has 0 aromatic heterocycles. The van der Waals surface area contributed by atoms with Gasteiger partial charge in [-0.1, -0.05) is 79.7 Å². The van der Waals surface area contributed by atoms with Gasteiger partial charge in [0, 0.05) is 17.6 Å². The van der Waals surface area contributed by atoms with E-state index in [0.29, 0.717) is 17.1 Å². The van der Waals surface area contributed by atoms with Crippen molar-refractivity contribution < 1.29 is 18.0 Å². The molecular weight excluding hydrogens is 582 g/mol. The normalized spacial score (nSPS) is 14.6. The third kappa shape index (κ3) is 7.98. The van der Waals surface area contributed by atoms with Gasteiger partial charge in [0.2, 0.25) is 11.8 Å². The predicted molar refractivity (Wildman–Crippen MR) is 173 cm³/mol. The highest BCUT2D eigenvalue weighted by Crippen LogP contribution is 2.29. The van der Waals surface area contributed by atoms with Gasteiger partial charge in [-0.15, -0.1) is 0 Å². The molecule has 1 aliphatic rings. The maximum absolute atomic E-state index is 14.3. The predicted octanol–water partition coefficient (Wildman–Crippen LogP) is 6.72. The number of amides is 2. The van der Waals surface area contributed by atoms with Gasteiger partial charge in [0.1, 0.15) is 12.6 Å². The van der Waals surface area contributed by atoms with Crippen molar-refractivity contribution >= 4 is 39.1 Å². The second-order valence-corrected chi connectivity index (χ2v) is 13.8. The van der Waals surface area contributed by atoms with Crippen molar-refractivity contribution in [1.29, 1.82) is 0 Å². The summed E-state index contributed by atoms with van der Waals surface area (Å²) in [5.74, 6) is -0.673. The standard InChI is InChI=1S/C34H42ClN3O4S/c1-5-31(34(40)36-29-11-7-6-8-12-29)37(22-27-16-18-28(35)19-17-27)33(39)23-38(32-13-9-10-25(3)26(32)4)43(41,42)30-20-14-24(2)15-21-30/h9-10,13-21,29,31H,5-8,11-12,22-23H2,1-4H3,(H,36,40)/t31-/m0/s1. The van der Waals surface area contributed by atoms with Crippen molar-refractivity contribution in [2.45, 2.75) is 89.7 Å². The number of halogens is 1. The van der Waals surface area contributed by atoms with Crippen LogP contribution in [-0.2, 0) is 26.2 Å². The lowest BCUT2D eigenvalue weighted by Crippen LogP contribution is -2.54. The van der Waals surface area contributed by atoms with Crippen LogP contribution < -0.4 is 9.62 Å². The zero-order valence-corrected chi connectivity index (χ0v) is 27.0. The molecule has 43 heavy (non-hydrogen) atoms. The van der Waals surface area contributed by atoms with E-state index in [9.17, 15) is 18.0 Å². The fourth-order valence-electron chi connectivity index (χ4n) is 5.61. The Morgan fingerprint density at radius 1 is 0.930 bits per heavy atom. The zero-order valence-electron chi connectivity index (χ0n) is 25.5. The van der Waals surface area contributed by atoms with Crippen LogP contribution in [0.4, 0.5) is 5.69 Å². The van der Waals surface area contributed by atoms with Crippen LogP contribution in [0.1, 0.15) is 67.7 Å². The first-order chi connectivity index (χ1) is 20.5. The summed E-state index contributed by atoms with van der Waals surface area (Å²) >= 11 is 6.12. The first kappa shape index (κ1) is 32.6. The highest BCUT2D eigenvalue weighted by Gasteiger charge is 2.35. The number of carbonyl (C=O) groups is 2. The number of hydrogen-bond donors (Lipinski definition) is 1. The van der Waals surface area contributed by atoms with Gasteiger partial charge in [-0.3, -0.25) is 13.9 Å². The summed E-state index contributed by atoms with van der Waals surface area (Å²) in [6.45, 7) is 7.20. The first-order valence-electron chi connectivity index (χ1n) is 15.0. The summed E-state index contributed by atoms with van der Waals surface area (Å²) < 4.78 is 29.5. The van der Waals surface area contributed by atoms with E-state index in [0.717, 1.165) is 54.4 Å². The summed E-state index contributed by atoms with van der Waals surface area (Å²) in [5, 5.41) is 3.74. The monoisotopic (exact) mass is 623 g/mol. The molecule has 1 atom stereocenters. The van der Waals surface area contributed by atoms with Gasteiger partial charge in [0.25, 0.3) is 10.0 Å². The van der Waals surface area contributed by atoms with Crippen LogP contribution >= 0.6 is 11.6 Å². The molecule has 0 spiro atoms. The smallest absolute Gasteiger partial charge is 0.264 e. The molecule has 2 amide bonds. The summed E-state index contributed by atoms with van der Waals surface area (Å²) in [7, 11) is -4.12. The van der Waals surface area contributed by atoms with E-state index in [-0.39, 0.29) is 23.4 Å². The summed E-state index contributed by atoms with van der Waals surface area (Å²) in [4.78, 5) is 29.6. The van der Waals surface area contributed by atoms with Gasteiger partial charge in [-0.2, -0.15) is 0 Å². The highest BCUT2D eigenvalue weighted by atomic mass is 35.5. The second kappa shape index (κ2) is 14.4. The third-order valence-corrected chi connectivity index (χ3v) is 10.4. The average Bonchev–Trinajstić information content (AvgIpc) is 2.99. The van der Waals surface area contributed by atoms with E-state index in [4.69, 9.17) is 11.6 Å². The number of carbonyl (C=O) groups excluding carboxylic acids is 2. The van der Waals surface area contributed by atoms with Gasteiger partial charge in [0.05, 0.1) is 10.6 Å². The number of hydrogen-bond acceptors (Lipinski definition) is 4. The van der Waals surface area contributed by atoms with Gasteiger partial charge in [-0.25, -0.2) is 8.42 Å². The van der Waals surface area contributed by atoms with E-state index in [1.807, 2.05) is 45.9 Å². The highest BCUT2D eigenvalue weighted by molar-refractivity contribution is 7.92. The summed E-state index contributed by atoms with van der Waals surface area (Å²) in [6.07, 6.45) is 5.51. The van der Waals surface area contributed by atoms with E-state index < -0.39 is 28.5 Å². The molecule has 4 rings (SSSR count). The molecule has 3 aromatic carbocycles. The number of sulfonamides is 1. The maximum Gasteiger partial charge on any atom is 0.264 e. The van der Waals surface area contributed by atoms with Crippen LogP contribution in [0.3, 0.4) is 0 Å². The van der Waals surface area contributed by atoms with E-state index >= 15 is 0 Å². The van der Waals surface area contributed by atoms with Crippen molar-refractivity contribution in [3.8, 4) is 0 Å². The molecule has 1 fully saturated rings. The Morgan fingerprint density at radius 2 is 1.58 bits per heavy atom. The number of benzene rings is 3. The largest absolute Gasteiger partial charge is 0.352 e. The fourth-order valence-corrected chi connectivity index (χ4v) is 7.20. The van der Waals surface area contributed by atoms with Crippen LogP contribution in [0.25, 0.3) is 0 Å². The Hall–Kier alpha value is -3.36. The number of nitrogens with one attached hydrogen (secondary N) is 1.